The molecule has 2 aliphatic heterocycles. The normalized spacial score (nSPS) is 16.5. The lowest BCUT2D eigenvalue weighted by atomic mass is 9.85. The Morgan fingerprint density at radius 3 is 2.25 bits per heavy atom. The van der Waals surface area contributed by atoms with Gasteiger partial charge in [-0.25, -0.2) is 4.39 Å². The molecule has 1 aromatic heterocycles. The van der Waals surface area contributed by atoms with Gasteiger partial charge in [0.05, 0.1) is 13.2 Å². The van der Waals surface area contributed by atoms with E-state index in [1.54, 1.807) is 38.0 Å². The summed E-state index contributed by atoms with van der Waals surface area (Å²) < 4.78 is 23.1. The number of benzene rings is 3. The molecule has 0 spiro atoms. The molecule has 2 N–H and O–H groups in total. The number of aryl methyl sites for hydroxylation is 1. The summed E-state index contributed by atoms with van der Waals surface area (Å²) in [7, 11) is 4.92. The Balaban J connectivity index is 0.955. The molecule has 1 amide bonds. The minimum Gasteiger partial charge on any atom is -0.496 e. The van der Waals surface area contributed by atoms with E-state index < -0.39 is 6.04 Å². The number of rotatable bonds is 14. The van der Waals surface area contributed by atoms with Crippen molar-refractivity contribution in [2.75, 3.05) is 50.6 Å². The van der Waals surface area contributed by atoms with Crippen LogP contribution in [0.5, 0.6) is 5.75 Å². The molecule has 10 heteroatoms. The number of hydrogen-bond donors (Lipinski definition) is 2. The van der Waals surface area contributed by atoms with Gasteiger partial charge >= 0.3 is 0 Å². The maximum absolute atomic E-state index is 15.8. The highest BCUT2D eigenvalue weighted by Gasteiger charge is 2.25. The van der Waals surface area contributed by atoms with Gasteiger partial charge in [0.2, 0.25) is 5.91 Å². The zero-order chi connectivity index (χ0) is 36.6. The van der Waals surface area contributed by atoms with E-state index in [-0.39, 0.29) is 17.3 Å². The van der Waals surface area contributed by atoms with Gasteiger partial charge in [-0.1, -0.05) is 31.0 Å². The Hall–Kier alpha value is -4.70. The molecule has 6 rings (SSSR count). The molecule has 52 heavy (non-hydrogen) atoms. The molecular formula is C42H52FN5O4. The van der Waals surface area contributed by atoms with Crippen LogP contribution in [-0.4, -0.2) is 68.0 Å². The van der Waals surface area contributed by atoms with E-state index in [2.05, 4.69) is 32.6 Å². The van der Waals surface area contributed by atoms with Crippen molar-refractivity contribution in [1.29, 1.82) is 0 Å². The Morgan fingerprint density at radius 1 is 0.962 bits per heavy atom. The van der Waals surface area contributed by atoms with E-state index in [1.807, 2.05) is 42.5 Å². The number of methoxy groups -OCH3 is 1. The van der Waals surface area contributed by atoms with Gasteiger partial charge in [0.1, 0.15) is 17.9 Å². The first-order valence-electron chi connectivity index (χ1n) is 18.7. The summed E-state index contributed by atoms with van der Waals surface area (Å²) in [4.78, 5) is 40.5. The molecular weight excluding hydrogens is 657 g/mol. The van der Waals surface area contributed by atoms with Crippen molar-refractivity contribution in [3.05, 3.63) is 88.6 Å². The largest absolute Gasteiger partial charge is 0.496 e. The molecule has 0 radical (unpaired) electrons. The van der Waals surface area contributed by atoms with Crippen molar-refractivity contribution in [1.82, 2.24) is 14.8 Å². The summed E-state index contributed by atoms with van der Waals surface area (Å²) in [6, 6.07) is 18.8. The van der Waals surface area contributed by atoms with E-state index in [0.29, 0.717) is 47.6 Å². The van der Waals surface area contributed by atoms with E-state index in [9.17, 15) is 14.4 Å². The Morgan fingerprint density at radius 2 is 1.62 bits per heavy atom. The van der Waals surface area contributed by atoms with Crippen LogP contribution >= 0.6 is 0 Å². The number of ether oxygens (including phenoxy) is 1. The van der Waals surface area contributed by atoms with Gasteiger partial charge in [0, 0.05) is 74.2 Å². The van der Waals surface area contributed by atoms with Crippen LogP contribution in [-0.2, 0) is 23.2 Å². The summed E-state index contributed by atoms with van der Waals surface area (Å²) in [5.74, 6) is 1.63. The summed E-state index contributed by atoms with van der Waals surface area (Å²) in [6.07, 6.45) is 10.6. The lowest BCUT2D eigenvalue weighted by Gasteiger charge is -2.36. The fourth-order valence-electron chi connectivity index (χ4n) is 7.93. The van der Waals surface area contributed by atoms with Crippen molar-refractivity contribution in [3.8, 4) is 16.9 Å². The third-order valence-corrected chi connectivity index (χ3v) is 11.2. The van der Waals surface area contributed by atoms with Gasteiger partial charge in [-0.15, -0.1) is 0 Å². The highest BCUT2D eigenvalue weighted by Crippen LogP contribution is 2.35. The van der Waals surface area contributed by atoms with Gasteiger partial charge in [0.25, 0.3) is 5.56 Å². The SMILES string of the molecule is CNC(=O)CCC(C=O)Nc1ccc(N2CCC(CCC3CCN(Cc4c(F)cc(-c5cn(C)c(=O)c6ccccc56)cc4OC)CC3)CC2)cc1. The van der Waals surface area contributed by atoms with Crippen molar-refractivity contribution in [2.45, 2.75) is 64.0 Å². The number of amides is 1. The summed E-state index contributed by atoms with van der Waals surface area (Å²) >= 11 is 0. The van der Waals surface area contributed by atoms with Crippen molar-refractivity contribution < 1.29 is 18.7 Å². The minimum atomic E-state index is -0.391. The van der Waals surface area contributed by atoms with Crippen LogP contribution in [0.25, 0.3) is 21.9 Å². The number of aromatic nitrogens is 1. The van der Waals surface area contributed by atoms with Crippen LogP contribution in [0.1, 0.15) is 56.9 Å². The lowest BCUT2D eigenvalue weighted by molar-refractivity contribution is -0.120. The minimum absolute atomic E-state index is 0.0683. The number of nitrogens with one attached hydrogen (secondary N) is 2. The molecule has 0 aliphatic carbocycles. The number of nitrogens with zero attached hydrogens (tertiary/aromatic N) is 3. The first-order chi connectivity index (χ1) is 25.3. The molecule has 0 bridgehead atoms. The summed E-state index contributed by atoms with van der Waals surface area (Å²) in [5, 5.41) is 7.23. The Bertz CT molecular complexity index is 1900. The number of piperidine rings is 2. The molecule has 3 aromatic carbocycles. The first kappa shape index (κ1) is 37.1. The van der Waals surface area contributed by atoms with Crippen LogP contribution < -0.4 is 25.8 Å². The molecule has 2 fully saturated rings. The third-order valence-electron chi connectivity index (χ3n) is 11.2. The van der Waals surface area contributed by atoms with Gasteiger partial charge in [0.15, 0.2) is 0 Å². The highest BCUT2D eigenvalue weighted by atomic mass is 19.1. The Kier molecular flexibility index (Phi) is 12.3. The maximum atomic E-state index is 15.8. The summed E-state index contributed by atoms with van der Waals surface area (Å²) in [6.45, 7) is 4.51. The fraction of sp³-hybridized carbons (Fsp3) is 0.452. The van der Waals surface area contributed by atoms with Gasteiger partial charge < -0.3 is 29.6 Å². The first-order valence-corrected chi connectivity index (χ1v) is 18.7. The van der Waals surface area contributed by atoms with Crippen molar-refractivity contribution in [2.24, 2.45) is 18.9 Å². The lowest BCUT2D eigenvalue weighted by Crippen LogP contribution is -2.35. The topological polar surface area (TPSA) is 95.9 Å². The monoisotopic (exact) mass is 709 g/mol. The molecule has 0 saturated carbocycles. The number of aldehydes is 1. The average Bonchev–Trinajstić information content (AvgIpc) is 3.18. The molecule has 4 aromatic rings. The Labute approximate surface area is 306 Å². The van der Waals surface area contributed by atoms with E-state index in [0.717, 1.165) is 67.9 Å². The number of likely N-dealkylation sites (tertiary alicyclic amines) is 1. The second-order valence-corrected chi connectivity index (χ2v) is 14.5. The molecule has 1 atom stereocenters. The number of halogens is 1. The van der Waals surface area contributed by atoms with Crippen LogP contribution in [0, 0.1) is 17.7 Å². The molecule has 2 aliphatic rings. The zero-order valence-electron chi connectivity index (χ0n) is 30.7. The number of anilines is 2. The van der Waals surface area contributed by atoms with Gasteiger partial charge in [-0.2, -0.15) is 0 Å². The number of pyridine rings is 1. The highest BCUT2D eigenvalue weighted by molar-refractivity contribution is 5.96. The van der Waals surface area contributed by atoms with Crippen LogP contribution in [0.3, 0.4) is 0 Å². The molecule has 276 valence electrons. The smallest absolute Gasteiger partial charge is 0.258 e. The van der Waals surface area contributed by atoms with Gasteiger partial charge in [-0.3, -0.25) is 14.5 Å². The van der Waals surface area contributed by atoms with Gasteiger partial charge in [-0.05, 0) is 110 Å². The number of carbonyl (C=O) groups is 2. The van der Waals surface area contributed by atoms with E-state index in [4.69, 9.17) is 4.74 Å². The quantitative estimate of drug-likeness (QED) is 0.140. The van der Waals surface area contributed by atoms with Crippen molar-refractivity contribution in [3.63, 3.8) is 0 Å². The van der Waals surface area contributed by atoms with Crippen LogP contribution in [0.15, 0.2) is 71.7 Å². The standard InChI is InChI=1S/C42H52FN5O4/c1-44-41(50)15-12-33(28-49)45-32-10-13-34(14-11-32)48-22-18-30(19-23-48)9-8-29-16-20-47(21-17-29)27-38-39(43)24-31(25-40(38)52-3)37-26-46(2)42(51)36-7-5-4-6-35(36)37/h4-7,10-11,13-14,24-26,28-30,33,45H,8-9,12,15-23,27H2,1-3H3,(H,44,50). The zero-order valence-corrected chi connectivity index (χ0v) is 30.7. The molecule has 3 heterocycles. The molecule has 2 saturated heterocycles. The van der Waals surface area contributed by atoms with E-state index in [1.165, 1.54) is 31.4 Å². The van der Waals surface area contributed by atoms with E-state index >= 15 is 4.39 Å². The number of carbonyl (C=O) groups excluding carboxylic acids is 2. The van der Waals surface area contributed by atoms with Crippen LogP contribution in [0.2, 0.25) is 0 Å². The maximum Gasteiger partial charge on any atom is 0.258 e. The second-order valence-electron chi connectivity index (χ2n) is 14.5. The fourth-order valence-corrected chi connectivity index (χ4v) is 7.93. The van der Waals surface area contributed by atoms with Crippen molar-refractivity contribution >= 4 is 34.3 Å². The third kappa shape index (κ3) is 8.84. The number of fused-ring (bicyclic) bond motifs is 1. The van der Waals surface area contributed by atoms with Crippen LogP contribution in [0.4, 0.5) is 15.8 Å². The molecule has 9 nitrogen and oxygen atoms in total. The second kappa shape index (κ2) is 17.2. The molecule has 1 unspecified atom stereocenters. The average molecular weight is 710 g/mol. The predicted molar refractivity (Wildman–Crippen MR) is 207 cm³/mol. The number of hydrogen-bond acceptors (Lipinski definition) is 7. The summed E-state index contributed by atoms with van der Waals surface area (Å²) in [5.41, 5.74) is 4.09. The predicted octanol–water partition coefficient (Wildman–Crippen LogP) is 6.77.